The van der Waals surface area contributed by atoms with Crippen LogP contribution in [0.1, 0.15) is 32.0 Å². The summed E-state index contributed by atoms with van der Waals surface area (Å²) >= 11 is 5.92. The van der Waals surface area contributed by atoms with Crippen LogP contribution in [-0.4, -0.2) is 24.4 Å². The van der Waals surface area contributed by atoms with E-state index in [-0.39, 0.29) is 21.9 Å². The van der Waals surface area contributed by atoms with Gasteiger partial charge in [0.2, 0.25) is 0 Å². The molecule has 2 N–H and O–H groups in total. The monoisotopic (exact) mass is 437 g/mol. The Labute approximate surface area is 182 Å². The standard InChI is InChI=1S/C22H16ClN3O5/c1-13-4-5-14(9-18(13)26-21(28)19-3-2-8-30-19)22(29)31-12-20(27)25-16-7-6-15(11-24)17(23)10-16/h2-10H,12H2,1H3,(H,25,27)(H,26,28). The molecule has 9 heteroatoms. The molecule has 0 aliphatic rings. The number of halogens is 1. The first-order chi connectivity index (χ1) is 14.9. The number of nitrogens with zero attached hydrogens (tertiary/aromatic N) is 1. The van der Waals surface area contributed by atoms with Gasteiger partial charge in [-0.25, -0.2) is 4.79 Å². The fourth-order valence-corrected chi connectivity index (χ4v) is 2.79. The van der Waals surface area contributed by atoms with Crippen molar-refractivity contribution < 1.29 is 23.5 Å². The van der Waals surface area contributed by atoms with Crippen molar-refractivity contribution in [1.82, 2.24) is 0 Å². The van der Waals surface area contributed by atoms with Gasteiger partial charge in [0.05, 0.1) is 22.4 Å². The van der Waals surface area contributed by atoms with Crippen LogP contribution in [0.3, 0.4) is 0 Å². The van der Waals surface area contributed by atoms with Gasteiger partial charge < -0.3 is 19.8 Å². The second-order valence-electron chi connectivity index (χ2n) is 6.39. The van der Waals surface area contributed by atoms with Gasteiger partial charge in [-0.05, 0) is 55.0 Å². The fraction of sp³-hybridized carbons (Fsp3) is 0.0909. The lowest BCUT2D eigenvalue weighted by Gasteiger charge is -2.10. The summed E-state index contributed by atoms with van der Waals surface area (Å²) in [6.07, 6.45) is 1.38. The Morgan fingerprint density at radius 2 is 1.94 bits per heavy atom. The van der Waals surface area contributed by atoms with Crippen LogP contribution in [-0.2, 0) is 9.53 Å². The largest absolute Gasteiger partial charge is 0.459 e. The molecule has 0 fully saturated rings. The van der Waals surface area contributed by atoms with Crippen molar-refractivity contribution in [2.24, 2.45) is 0 Å². The van der Waals surface area contributed by atoms with Crippen LogP contribution in [0, 0.1) is 18.3 Å². The number of aryl methyl sites for hydroxylation is 1. The molecule has 0 atom stereocenters. The molecule has 1 aromatic heterocycles. The van der Waals surface area contributed by atoms with Gasteiger partial charge in [-0.15, -0.1) is 0 Å². The van der Waals surface area contributed by atoms with Gasteiger partial charge >= 0.3 is 5.97 Å². The molecule has 3 rings (SSSR count). The van der Waals surface area contributed by atoms with Gasteiger partial charge in [-0.3, -0.25) is 9.59 Å². The Morgan fingerprint density at radius 1 is 1.13 bits per heavy atom. The van der Waals surface area contributed by atoms with E-state index in [0.717, 1.165) is 5.56 Å². The Morgan fingerprint density at radius 3 is 2.61 bits per heavy atom. The topological polar surface area (TPSA) is 121 Å². The number of amides is 2. The lowest BCUT2D eigenvalue weighted by molar-refractivity contribution is -0.119. The molecule has 8 nitrogen and oxygen atoms in total. The minimum atomic E-state index is -0.735. The summed E-state index contributed by atoms with van der Waals surface area (Å²) in [5, 5.41) is 14.3. The summed E-state index contributed by atoms with van der Waals surface area (Å²) in [7, 11) is 0. The zero-order valence-electron chi connectivity index (χ0n) is 16.3. The summed E-state index contributed by atoms with van der Waals surface area (Å²) in [4.78, 5) is 36.5. The van der Waals surface area contributed by atoms with Gasteiger partial charge in [0.25, 0.3) is 11.8 Å². The number of carbonyl (C=O) groups is 3. The highest BCUT2D eigenvalue weighted by atomic mass is 35.5. The molecule has 0 bridgehead atoms. The minimum absolute atomic E-state index is 0.131. The zero-order chi connectivity index (χ0) is 22.4. The molecule has 156 valence electrons. The van der Waals surface area contributed by atoms with Crippen molar-refractivity contribution in [2.45, 2.75) is 6.92 Å². The number of rotatable bonds is 6. The van der Waals surface area contributed by atoms with Gasteiger partial charge in [-0.2, -0.15) is 5.26 Å². The maximum absolute atomic E-state index is 12.3. The van der Waals surface area contributed by atoms with Crippen molar-refractivity contribution in [1.29, 1.82) is 5.26 Å². The zero-order valence-corrected chi connectivity index (χ0v) is 17.0. The minimum Gasteiger partial charge on any atom is -0.459 e. The number of ether oxygens (including phenoxy) is 1. The van der Waals surface area contributed by atoms with Crippen molar-refractivity contribution in [3.05, 3.63) is 82.3 Å². The highest BCUT2D eigenvalue weighted by Crippen LogP contribution is 2.21. The van der Waals surface area contributed by atoms with Crippen LogP contribution in [0.25, 0.3) is 0 Å². The highest BCUT2D eigenvalue weighted by molar-refractivity contribution is 6.32. The number of nitrogens with one attached hydrogen (secondary N) is 2. The molecule has 0 unspecified atom stereocenters. The van der Waals surface area contributed by atoms with Crippen LogP contribution in [0.4, 0.5) is 11.4 Å². The molecule has 3 aromatic rings. The number of esters is 1. The molecule has 0 saturated heterocycles. The van der Waals surface area contributed by atoms with Crippen molar-refractivity contribution in [2.75, 3.05) is 17.2 Å². The fourth-order valence-electron chi connectivity index (χ4n) is 2.57. The van der Waals surface area contributed by atoms with Crippen molar-refractivity contribution >= 4 is 40.8 Å². The van der Waals surface area contributed by atoms with E-state index < -0.39 is 24.4 Å². The second kappa shape index (κ2) is 9.61. The average Bonchev–Trinajstić information content (AvgIpc) is 3.29. The van der Waals surface area contributed by atoms with Gasteiger partial charge in [-0.1, -0.05) is 17.7 Å². The van der Waals surface area contributed by atoms with Crippen LogP contribution in [0.2, 0.25) is 5.02 Å². The Balaban J connectivity index is 1.60. The third-order valence-electron chi connectivity index (χ3n) is 4.17. The summed E-state index contributed by atoms with van der Waals surface area (Å²) in [5.41, 5.74) is 1.94. The van der Waals surface area contributed by atoms with Crippen LogP contribution < -0.4 is 10.6 Å². The predicted molar refractivity (Wildman–Crippen MR) is 113 cm³/mol. The number of carbonyl (C=O) groups excluding carboxylic acids is 3. The number of furan rings is 1. The van der Waals surface area contributed by atoms with Crippen LogP contribution in [0.5, 0.6) is 0 Å². The van der Waals surface area contributed by atoms with Gasteiger partial charge in [0.15, 0.2) is 12.4 Å². The third kappa shape index (κ3) is 5.50. The van der Waals surface area contributed by atoms with E-state index in [9.17, 15) is 14.4 Å². The lowest BCUT2D eigenvalue weighted by atomic mass is 10.1. The maximum Gasteiger partial charge on any atom is 0.338 e. The lowest BCUT2D eigenvalue weighted by Crippen LogP contribution is -2.21. The second-order valence-corrected chi connectivity index (χ2v) is 6.80. The first kappa shape index (κ1) is 21.6. The van der Waals surface area contributed by atoms with Gasteiger partial charge in [0.1, 0.15) is 6.07 Å². The van der Waals surface area contributed by atoms with Crippen molar-refractivity contribution in [3.8, 4) is 6.07 Å². The summed E-state index contributed by atoms with van der Waals surface area (Å²) in [6.45, 7) is 1.24. The summed E-state index contributed by atoms with van der Waals surface area (Å²) in [6, 6.07) is 14.1. The van der Waals surface area contributed by atoms with E-state index >= 15 is 0 Å². The Hall–Kier alpha value is -4.09. The molecule has 2 aromatic carbocycles. The number of anilines is 2. The average molecular weight is 438 g/mol. The van der Waals surface area contributed by atoms with Crippen molar-refractivity contribution in [3.63, 3.8) is 0 Å². The Bertz CT molecular complexity index is 1180. The molecule has 1 heterocycles. The molecular formula is C22H16ClN3O5. The first-order valence-electron chi connectivity index (χ1n) is 8.99. The van der Waals surface area contributed by atoms with E-state index in [0.29, 0.717) is 11.4 Å². The Kier molecular flexibility index (Phi) is 6.70. The molecule has 0 saturated carbocycles. The predicted octanol–water partition coefficient (Wildman–Crippen LogP) is 4.16. The van der Waals surface area contributed by atoms with E-state index in [2.05, 4.69) is 10.6 Å². The molecule has 2 amide bonds. The van der Waals surface area contributed by atoms with E-state index in [1.54, 1.807) is 19.1 Å². The molecular weight excluding hydrogens is 422 g/mol. The van der Waals surface area contributed by atoms with E-state index in [1.165, 1.54) is 42.7 Å². The first-order valence-corrected chi connectivity index (χ1v) is 9.37. The number of benzene rings is 2. The smallest absolute Gasteiger partial charge is 0.338 e. The highest BCUT2D eigenvalue weighted by Gasteiger charge is 2.15. The van der Waals surface area contributed by atoms with E-state index in [4.69, 9.17) is 26.0 Å². The molecule has 0 radical (unpaired) electrons. The molecule has 31 heavy (non-hydrogen) atoms. The summed E-state index contributed by atoms with van der Waals surface area (Å²) in [5.74, 6) is -1.64. The summed E-state index contributed by atoms with van der Waals surface area (Å²) < 4.78 is 10.1. The maximum atomic E-state index is 12.3. The SMILES string of the molecule is Cc1ccc(C(=O)OCC(=O)Nc2ccc(C#N)c(Cl)c2)cc1NC(=O)c1ccco1. The number of hydrogen-bond donors (Lipinski definition) is 2. The van der Waals surface area contributed by atoms with Crippen LogP contribution in [0.15, 0.2) is 59.2 Å². The van der Waals surface area contributed by atoms with Gasteiger partial charge in [0, 0.05) is 11.4 Å². The molecule has 0 aliphatic carbocycles. The molecule has 0 spiro atoms. The van der Waals surface area contributed by atoms with E-state index in [1.807, 2.05) is 6.07 Å². The van der Waals surface area contributed by atoms with Crippen LogP contribution >= 0.6 is 11.6 Å². The number of hydrogen-bond acceptors (Lipinski definition) is 6. The molecule has 0 aliphatic heterocycles. The number of nitriles is 1. The normalized spacial score (nSPS) is 10.1. The third-order valence-corrected chi connectivity index (χ3v) is 4.49. The quantitative estimate of drug-likeness (QED) is 0.558.